The van der Waals surface area contributed by atoms with Gasteiger partial charge < -0.3 is 5.32 Å². The molecule has 1 nitrogen and oxygen atoms in total. The van der Waals surface area contributed by atoms with Gasteiger partial charge in [0, 0.05) is 0 Å². The molecule has 0 amide bonds. The van der Waals surface area contributed by atoms with E-state index in [1.165, 1.54) is 0 Å². The molecule has 2 heteroatoms. The van der Waals surface area contributed by atoms with Crippen LogP contribution in [0, 0.1) is 0 Å². The van der Waals surface area contributed by atoms with Gasteiger partial charge in [0.2, 0.25) is 0 Å². The minimum Gasteiger partial charge on any atom is -0.398 e. The predicted molar refractivity (Wildman–Crippen MR) is 28.6 cm³/mol. The number of rotatable bonds is 2. The van der Waals surface area contributed by atoms with Crippen LogP contribution in [-0.4, -0.2) is 14.3 Å². The molecule has 0 fully saturated rings. The van der Waals surface area contributed by atoms with E-state index in [1.807, 2.05) is 6.92 Å². The average molecular weight is 80.9 g/mol. The van der Waals surface area contributed by atoms with Crippen molar-refractivity contribution < 1.29 is 0 Å². The molecule has 2 radical (unpaired) electrons. The third-order valence-electron chi connectivity index (χ3n) is 0.404. The fourth-order valence-corrected chi connectivity index (χ4v) is 0.174. The largest absolute Gasteiger partial charge is 0.398 e. The third-order valence-corrected chi connectivity index (χ3v) is 0.404. The second kappa shape index (κ2) is 2.82. The summed E-state index contributed by atoms with van der Waals surface area (Å²) < 4.78 is 0. The minimum absolute atomic E-state index is 0.481. The molecule has 0 saturated heterocycles. The average Bonchev–Trinajstić information content (AvgIpc) is 1.35. The monoisotopic (exact) mass is 81.1 g/mol. The van der Waals surface area contributed by atoms with Crippen LogP contribution in [0.4, 0.5) is 0 Å². The Bertz CT molecular complexity index is 51.5. The van der Waals surface area contributed by atoms with Crippen molar-refractivity contribution >= 4 is 7.85 Å². The lowest BCUT2D eigenvalue weighted by Gasteiger charge is -1.95. The standard InChI is InChI=1S/C4H8BN/c1-4(2)6-3-5/h6H,1,3H2,2H3. The lowest BCUT2D eigenvalue weighted by Crippen LogP contribution is -2.10. The van der Waals surface area contributed by atoms with Crippen LogP contribution in [0.15, 0.2) is 12.3 Å². The Morgan fingerprint density at radius 2 is 2.50 bits per heavy atom. The van der Waals surface area contributed by atoms with Gasteiger partial charge in [-0.05, 0) is 19.1 Å². The molecule has 0 saturated carbocycles. The van der Waals surface area contributed by atoms with Gasteiger partial charge in [-0.25, -0.2) is 0 Å². The van der Waals surface area contributed by atoms with Gasteiger partial charge in [-0.3, -0.25) is 0 Å². The highest BCUT2D eigenvalue weighted by Crippen LogP contribution is 1.71. The first kappa shape index (κ1) is 5.60. The van der Waals surface area contributed by atoms with Crippen molar-refractivity contribution in [2.45, 2.75) is 6.92 Å². The van der Waals surface area contributed by atoms with Crippen LogP contribution in [0.25, 0.3) is 0 Å². The predicted octanol–water partition coefficient (Wildman–Crippen LogP) is 0.236. The maximum atomic E-state index is 5.06. The van der Waals surface area contributed by atoms with Crippen LogP contribution in [0.3, 0.4) is 0 Å². The minimum atomic E-state index is 0.481. The number of hydrogen-bond donors (Lipinski definition) is 1. The van der Waals surface area contributed by atoms with Gasteiger partial charge in [0.25, 0.3) is 0 Å². The van der Waals surface area contributed by atoms with Crippen molar-refractivity contribution in [3.8, 4) is 0 Å². The molecule has 0 aliphatic heterocycles. The maximum absolute atomic E-state index is 5.06. The van der Waals surface area contributed by atoms with E-state index in [0.717, 1.165) is 5.70 Å². The van der Waals surface area contributed by atoms with E-state index in [2.05, 4.69) is 11.9 Å². The molecule has 0 heterocycles. The summed E-state index contributed by atoms with van der Waals surface area (Å²) in [5, 5.41) is 2.79. The van der Waals surface area contributed by atoms with Crippen LogP contribution < -0.4 is 5.32 Å². The fraction of sp³-hybridized carbons (Fsp3) is 0.500. The van der Waals surface area contributed by atoms with E-state index in [0.29, 0.717) is 6.44 Å². The molecule has 32 valence electrons. The lowest BCUT2D eigenvalue weighted by molar-refractivity contribution is 0.959. The van der Waals surface area contributed by atoms with Crippen molar-refractivity contribution in [3.63, 3.8) is 0 Å². The number of allylic oxidation sites excluding steroid dienone is 1. The van der Waals surface area contributed by atoms with Crippen molar-refractivity contribution in [2.75, 3.05) is 6.44 Å². The molecule has 1 N–H and O–H groups in total. The highest BCUT2D eigenvalue weighted by atomic mass is 14.8. The van der Waals surface area contributed by atoms with Crippen LogP contribution in [0.1, 0.15) is 6.92 Å². The van der Waals surface area contributed by atoms with Crippen LogP contribution in [-0.2, 0) is 0 Å². The summed E-state index contributed by atoms with van der Waals surface area (Å²) in [6.07, 6.45) is 0.481. The molecule has 0 aromatic heterocycles. The van der Waals surface area contributed by atoms with Crippen LogP contribution in [0.5, 0.6) is 0 Å². The van der Waals surface area contributed by atoms with Crippen molar-refractivity contribution in [2.24, 2.45) is 0 Å². The van der Waals surface area contributed by atoms with Gasteiger partial charge in [0.1, 0.15) is 0 Å². The summed E-state index contributed by atoms with van der Waals surface area (Å²) in [6.45, 7) is 5.42. The van der Waals surface area contributed by atoms with Crippen LogP contribution in [0.2, 0.25) is 0 Å². The summed E-state index contributed by atoms with van der Waals surface area (Å²) in [5.74, 6) is 0. The Morgan fingerprint density at radius 3 is 2.50 bits per heavy atom. The van der Waals surface area contributed by atoms with E-state index < -0.39 is 0 Å². The first-order valence-electron chi connectivity index (χ1n) is 1.87. The van der Waals surface area contributed by atoms with Crippen molar-refractivity contribution in [3.05, 3.63) is 12.3 Å². The Balaban J connectivity index is 2.83. The highest BCUT2D eigenvalue weighted by molar-refractivity contribution is 6.08. The second-order valence-electron chi connectivity index (χ2n) is 1.16. The summed E-state index contributed by atoms with van der Waals surface area (Å²) in [4.78, 5) is 0. The molecule has 6 heavy (non-hydrogen) atoms. The summed E-state index contributed by atoms with van der Waals surface area (Å²) >= 11 is 0. The van der Waals surface area contributed by atoms with E-state index >= 15 is 0 Å². The van der Waals surface area contributed by atoms with Gasteiger partial charge >= 0.3 is 0 Å². The van der Waals surface area contributed by atoms with Gasteiger partial charge in [-0.15, -0.1) is 0 Å². The van der Waals surface area contributed by atoms with E-state index in [-0.39, 0.29) is 0 Å². The Morgan fingerprint density at radius 1 is 2.00 bits per heavy atom. The second-order valence-corrected chi connectivity index (χ2v) is 1.16. The van der Waals surface area contributed by atoms with E-state index in [1.54, 1.807) is 0 Å². The first-order valence-corrected chi connectivity index (χ1v) is 1.87. The SMILES string of the molecule is [B]CNC(=C)C. The Labute approximate surface area is 39.8 Å². The quantitative estimate of drug-likeness (QED) is 0.469. The van der Waals surface area contributed by atoms with Crippen molar-refractivity contribution in [1.29, 1.82) is 0 Å². The van der Waals surface area contributed by atoms with Gasteiger partial charge in [0.05, 0.1) is 7.85 Å². The molecule has 0 aliphatic carbocycles. The first-order chi connectivity index (χ1) is 2.77. The molecule has 0 rings (SSSR count). The maximum Gasteiger partial charge on any atom is 0.0939 e. The molecule has 0 spiro atoms. The van der Waals surface area contributed by atoms with Gasteiger partial charge in [0.15, 0.2) is 0 Å². The summed E-state index contributed by atoms with van der Waals surface area (Å²) in [7, 11) is 5.06. The zero-order valence-corrected chi connectivity index (χ0v) is 3.99. The molecule has 0 unspecified atom stereocenters. The Hall–Kier alpha value is -0.395. The third kappa shape index (κ3) is 3.60. The van der Waals surface area contributed by atoms with Gasteiger partial charge in [-0.1, -0.05) is 6.58 Å². The number of nitrogens with one attached hydrogen (secondary N) is 1. The van der Waals surface area contributed by atoms with E-state index in [9.17, 15) is 0 Å². The smallest absolute Gasteiger partial charge is 0.0939 e. The zero-order chi connectivity index (χ0) is 4.99. The van der Waals surface area contributed by atoms with E-state index in [4.69, 9.17) is 7.85 Å². The normalized spacial score (nSPS) is 7.50. The molecular weight excluding hydrogens is 72.9 g/mol. The van der Waals surface area contributed by atoms with Gasteiger partial charge in [-0.2, -0.15) is 0 Å². The number of hydrogen-bond acceptors (Lipinski definition) is 1. The fourth-order valence-electron chi connectivity index (χ4n) is 0.174. The van der Waals surface area contributed by atoms with Crippen LogP contribution >= 0.6 is 0 Å². The summed E-state index contributed by atoms with van der Waals surface area (Å²) in [6, 6.07) is 0. The lowest BCUT2D eigenvalue weighted by atomic mass is 10.2. The Kier molecular flexibility index (Phi) is 2.64. The molecule has 0 aliphatic rings. The molecule has 0 aromatic rings. The molecule has 0 bridgehead atoms. The highest BCUT2D eigenvalue weighted by Gasteiger charge is 1.70. The molecular formula is C4H8BN. The summed E-state index contributed by atoms with van der Waals surface area (Å²) in [5.41, 5.74) is 0.914. The van der Waals surface area contributed by atoms with Crippen molar-refractivity contribution in [1.82, 2.24) is 5.32 Å². The topological polar surface area (TPSA) is 12.0 Å². The molecule has 0 aromatic carbocycles. The molecule has 0 atom stereocenters. The zero-order valence-electron chi connectivity index (χ0n) is 3.99.